The summed E-state index contributed by atoms with van der Waals surface area (Å²) in [5.74, 6) is 0.517. The predicted molar refractivity (Wildman–Crippen MR) is 102 cm³/mol. The fourth-order valence-electron chi connectivity index (χ4n) is 2.93. The van der Waals surface area contributed by atoms with E-state index in [4.69, 9.17) is 5.73 Å². The van der Waals surface area contributed by atoms with Crippen molar-refractivity contribution in [3.05, 3.63) is 46.5 Å². The highest BCUT2D eigenvalue weighted by molar-refractivity contribution is 7.15. The molecule has 24 heavy (non-hydrogen) atoms. The van der Waals surface area contributed by atoms with Gasteiger partial charge in [0.2, 0.25) is 5.91 Å². The molecule has 2 atom stereocenters. The maximum atomic E-state index is 12.1. The average Bonchev–Trinajstić information content (AvgIpc) is 2.95. The van der Waals surface area contributed by atoms with Crippen LogP contribution in [0.1, 0.15) is 42.3 Å². The summed E-state index contributed by atoms with van der Waals surface area (Å²) in [5, 5.41) is 3.56. The molecule has 1 aliphatic rings. The van der Waals surface area contributed by atoms with Gasteiger partial charge in [-0.2, -0.15) is 0 Å². The number of rotatable bonds is 4. The summed E-state index contributed by atoms with van der Waals surface area (Å²) in [7, 11) is 0. The summed E-state index contributed by atoms with van der Waals surface area (Å²) in [6, 6.07) is 10.1. The standard InChI is InChI=1S/C18H23N3OS.ClH/c1-11(2)16(19)17(22)21-18-20-14-9-8-13(10-15(14)23-18)12-6-4-3-5-7-12;/h3-7,11,13,16H,8-10,19H2,1-2H3,(H,20,21,22);1H/t13?,16-;/m0./s1. The highest BCUT2D eigenvalue weighted by Crippen LogP contribution is 2.36. The molecule has 2 aromatic rings. The number of aryl methyl sites for hydroxylation is 1. The normalized spacial score (nSPS) is 17.8. The zero-order chi connectivity index (χ0) is 16.4. The molecule has 3 rings (SSSR count). The number of hydrogen-bond donors (Lipinski definition) is 2. The van der Waals surface area contributed by atoms with Crippen molar-refractivity contribution in [1.82, 2.24) is 4.98 Å². The van der Waals surface area contributed by atoms with E-state index in [2.05, 4.69) is 40.6 Å². The Kier molecular flexibility index (Phi) is 6.38. The highest BCUT2D eigenvalue weighted by atomic mass is 35.5. The van der Waals surface area contributed by atoms with E-state index in [-0.39, 0.29) is 24.2 Å². The fourth-order valence-corrected chi connectivity index (χ4v) is 4.02. The number of halogens is 1. The second-order valence-corrected chi connectivity index (χ2v) is 7.58. The molecule has 1 heterocycles. The molecule has 0 radical (unpaired) electrons. The number of nitrogens with two attached hydrogens (primary N) is 1. The Bertz CT molecular complexity index is 687. The van der Waals surface area contributed by atoms with Crippen molar-refractivity contribution in [3.8, 4) is 0 Å². The number of fused-ring (bicyclic) bond motifs is 1. The lowest BCUT2D eigenvalue weighted by molar-refractivity contribution is -0.118. The number of carbonyl (C=O) groups excluding carboxylic acids is 1. The first-order chi connectivity index (χ1) is 11.0. The van der Waals surface area contributed by atoms with E-state index in [9.17, 15) is 4.79 Å². The van der Waals surface area contributed by atoms with Crippen molar-refractivity contribution in [3.63, 3.8) is 0 Å². The first-order valence-electron chi connectivity index (χ1n) is 8.14. The monoisotopic (exact) mass is 365 g/mol. The number of thiazole rings is 1. The molecular formula is C18H24ClN3OS. The van der Waals surface area contributed by atoms with Crippen LogP contribution >= 0.6 is 23.7 Å². The third kappa shape index (κ3) is 4.15. The summed E-state index contributed by atoms with van der Waals surface area (Å²) in [6.07, 6.45) is 3.08. The van der Waals surface area contributed by atoms with Gasteiger partial charge in [0.1, 0.15) is 0 Å². The molecule has 0 bridgehead atoms. The second kappa shape index (κ2) is 8.10. The van der Waals surface area contributed by atoms with Gasteiger partial charge in [-0.1, -0.05) is 44.2 Å². The number of nitrogens with one attached hydrogen (secondary N) is 1. The molecule has 0 saturated carbocycles. The lowest BCUT2D eigenvalue weighted by atomic mass is 9.85. The molecule has 1 aromatic carbocycles. The number of benzene rings is 1. The number of anilines is 1. The lowest BCUT2D eigenvalue weighted by Crippen LogP contribution is -2.39. The molecule has 4 nitrogen and oxygen atoms in total. The Labute approximate surface area is 153 Å². The molecule has 0 saturated heterocycles. The molecule has 130 valence electrons. The minimum absolute atomic E-state index is 0. The second-order valence-electron chi connectivity index (χ2n) is 6.50. The fraction of sp³-hybridized carbons (Fsp3) is 0.444. The van der Waals surface area contributed by atoms with Crippen molar-refractivity contribution in [1.29, 1.82) is 0 Å². The van der Waals surface area contributed by atoms with Gasteiger partial charge in [-0.15, -0.1) is 23.7 Å². The van der Waals surface area contributed by atoms with Gasteiger partial charge in [-0.3, -0.25) is 4.79 Å². The molecule has 6 heteroatoms. The molecule has 0 aliphatic heterocycles. The number of hydrogen-bond acceptors (Lipinski definition) is 4. The molecule has 1 aromatic heterocycles. The van der Waals surface area contributed by atoms with E-state index >= 15 is 0 Å². The summed E-state index contributed by atoms with van der Waals surface area (Å²) in [6.45, 7) is 3.89. The third-order valence-corrected chi connectivity index (χ3v) is 5.50. The molecule has 0 spiro atoms. The van der Waals surface area contributed by atoms with E-state index in [1.807, 2.05) is 13.8 Å². The van der Waals surface area contributed by atoms with Gasteiger partial charge in [-0.05, 0) is 36.7 Å². The Morgan fingerprint density at radius 3 is 2.71 bits per heavy atom. The van der Waals surface area contributed by atoms with Gasteiger partial charge in [0.25, 0.3) is 0 Å². The number of amides is 1. The van der Waals surface area contributed by atoms with Gasteiger partial charge in [0, 0.05) is 4.88 Å². The van der Waals surface area contributed by atoms with Crippen LogP contribution < -0.4 is 11.1 Å². The molecular weight excluding hydrogens is 342 g/mol. The van der Waals surface area contributed by atoms with Crippen molar-refractivity contribution in [2.24, 2.45) is 11.7 Å². The number of nitrogens with zero attached hydrogens (tertiary/aromatic N) is 1. The molecule has 1 aliphatic carbocycles. The maximum Gasteiger partial charge on any atom is 0.243 e. The summed E-state index contributed by atoms with van der Waals surface area (Å²) >= 11 is 1.59. The predicted octanol–water partition coefficient (Wildman–Crippen LogP) is 3.76. The van der Waals surface area contributed by atoms with Gasteiger partial charge in [-0.25, -0.2) is 4.98 Å². The van der Waals surface area contributed by atoms with E-state index in [0.29, 0.717) is 11.0 Å². The van der Waals surface area contributed by atoms with Gasteiger partial charge >= 0.3 is 0 Å². The summed E-state index contributed by atoms with van der Waals surface area (Å²) < 4.78 is 0. The van der Waals surface area contributed by atoms with Crippen LogP contribution in [0.4, 0.5) is 5.13 Å². The van der Waals surface area contributed by atoms with Crippen molar-refractivity contribution in [2.75, 3.05) is 5.32 Å². The van der Waals surface area contributed by atoms with E-state index in [1.165, 1.54) is 10.4 Å². The van der Waals surface area contributed by atoms with Crippen LogP contribution in [0.25, 0.3) is 0 Å². The molecule has 1 unspecified atom stereocenters. The van der Waals surface area contributed by atoms with Crippen LogP contribution in [0, 0.1) is 5.92 Å². The number of carbonyl (C=O) groups is 1. The summed E-state index contributed by atoms with van der Waals surface area (Å²) in [5.41, 5.74) is 8.42. The van der Waals surface area contributed by atoms with Crippen molar-refractivity contribution < 1.29 is 4.79 Å². The van der Waals surface area contributed by atoms with Crippen LogP contribution in [0.3, 0.4) is 0 Å². The topological polar surface area (TPSA) is 68.0 Å². The third-order valence-electron chi connectivity index (χ3n) is 4.46. The van der Waals surface area contributed by atoms with E-state index < -0.39 is 6.04 Å². The minimum Gasteiger partial charge on any atom is -0.320 e. The smallest absolute Gasteiger partial charge is 0.243 e. The zero-order valence-corrected chi connectivity index (χ0v) is 15.6. The van der Waals surface area contributed by atoms with Gasteiger partial charge in [0.15, 0.2) is 5.13 Å². The zero-order valence-electron chi connectivity index (χ0n) is 14.0. The van der Waals surface area contributed by atoms with Gasteiger partial charge in [0.05, 0.1) is 11.7 Å². The first-order valence-corrected chi connectivity index (χ1v) is 8.96. The molecule has 1 amide bonds. The van der Waals surface area contributed by atoms with E-state index in [0.717, 1.165) is 25.0 Å². The lowest BCUT2D eigenvalue weighted by Gasteiger charge is -2.21. The molecule has 3 N–H and O–H groups in total. The van der Waals surface area contributed by atoms with Crippen LogP contribution in [0.5, 0.6) is 0 Å². The minimum atomic E-state index is -0.493. The highest BCUT2D eigenvalue weighted by Gasteiger charge is 2.25. The maximum absolute atomic E-state index is 12.1. The largest absolute Gasteiger partial charge is 0.320 e. The SMILES string of the molecule is CC(C)[C@H](N)C(=O)Nc1nc2c(s1)CC(c1ccccc1)CC2.Cl. The van der Waals surface area contributed by atoms with Gasteiger partial charge < -0.3 is 11.1 Å². The van der Waals surface area contributed by atoms with Crippen LogP contribution in [-0.2, 0) is 17.6 Å². The van der Waals surface area contributed by atoms with Crippen molar-refractivity contribution in [2.45, 2.75) is 45.1 Å². The molecule has 0 fully saturated rings. The van der Waals surface area contributed by atoms with Crippen LogP contribution in [0.15, 0.2) is 30.3 Å². The Morgan fingerprint density at radius 1 is 1.33 bits per heavy atom. The Morgan fingerprint density at radius 2 is 2.04 bits per heavy atom. The van der Waals surface area contributed by atoms with Crippen molar-refractivity contribution >= 4 is 34.8 Å². The van der Waals surface area contributed by atoms with Crippen LogP contribution in [-0.4, -0.2) is 16.9 Å². The Hall–Kier alpha value is -1.43. The van der Waals surface area contributed by atoms with E-state index in [1.54, 1.807) is 11.3 Å². The van der Waals surface area contributed by atoms with Crippen LogP contribution in [0.2, 0.25) is 0 Å². The first kappa shape index (κ1) is 18.9. The Balaban J connectivity index is 0.00000208. The summed E-state index contributed by atoms with van der Waals surface area (Å²) in [4.78, 5) is 18.0. The number of aromatic nitrogens is 1. The average molecular weight is 366 g/mol. The quantitative estimate of drug-likeness (QED) is 0.866.